The standard InChI is InChI=1S/C10H24NO/c1-10(2)6-5-7-11(3,4)8-9-12/h10,12H,5-9H2,1-4H3/q+1. The van der Waals surface area contributed by atoms with Crippen LogP contribution in [0, 0.1) is 5.92 Å². The maximum Gasteiger partial charge on any atom is 0.102 e. The van der Waals surface area contributed by atoms with Crippen LogP contribution in [0.1, 0.15) is 26.7 Å². The van der Waals surface area contributed by atoms with E-state index in [1.807, 2.05) is 0 Å². The lowest BCUT2D eigenvalue weighted by Gasteiger charge is -2.29. The Morgan fingerprint density at radius 1 is 1.17 bits per heavy atom. The van der Waals surface area contributed by atoms with Gasteiger partial charge in [-0.3, -0.25) is 0 Å². The minimum absolute atomic E-state index is 0.300. The van der Waals surface area contributed by atoms with Gasteiger partial charge in [-0.25, -0.2) is 0 Å². The van der Waals surface area contributed by atoms with E-state index < -0.39 is 0 Å². The number of quaternary nitrogens is 1. The van der Waals surface area contributed by atoms with E-state index in [1.54, 1.807) is 0 Å². The summed E-state index contributed by atoms with van der Waals surface area (Å²) in [6.45, 7) is 6.86. The van der Waals surface area contributed by atoms with E-state index in [-0.39, 0.29) is 0 Å². The van der Waals surface area contributed by atoms with Crippen molar-refractivity contribution in [2.75, 3.05) is 33.8 Å². The molecule has 0 amide bonds. The summed E-state index contributed by atoms with van der Waals surface area (Å²) in [5, 5.41) is 8.79. The van der Waals surface area contributed by atoms with E-state index in [1.165, 1.54) is 19.4 Å². The third-order valence-electron chi connectivity index (χ3n) is 2.25. The molecule has 0 aliphatic heterocycles. The molecule has 0 atom stereocenters. The van der Waals surface area contributed by atoms with Crippen LogP contribution in [-0.2, 0) is 0 Å². The molecule has 2 nitrogen and oxygen atoms in total. The maximum atomic E-state index is 8.79. The summed E-state index contributed by atoms with van der Waals surface area (Å²) in [5.41, 5.74) is 0. The normalized spacial score (nSPS) is 12.5. The summed E-state index contributed by atoms with van der Waals surface area (Å²) in [4.78, 5) is 0. The number of nitrogens with zero attached hydrogens (tertiary/aromatic N) is 1. The molecule has 0 fully saturated rings. The molecule has 0 aliphatic carbocycles. The Balaban J connectivity index is 3.46. The Bertz CT molecular complexity index is 110. The predicted octanol–water partition coefficient (Wildman–Crippen LogP) is 1.49. The number of likely N-dealkylation sites (N-methyl/N-ethyl adjacent to an activating group) is 1. The largest absolute Gasteiger partial charge is 0.391 e. The smallest absolute Gasteiger partial charge is 0.102 e. The summed E-state index contributed by atoms with van der Waals surface area (Å²) in [5.74, 6) is 0.805. The van der Waals surface area contributed by atoms with Gasteiger partial charge in [0.25, 0.3) is 0 Å². The summed E-state index contributed by atoms with van der Waals surface area (Å²) in [6.07, 6.45) is 2.57. The van der Waals surface area contributed by atoms with Crippen molar-refractivity contribution in [2.24, 2.45) is 5.92 Å². The zero-order chi connectivity index (χ0) is 9.61. The highest BCUT2D eigenvalue weighted by Gasteiger charge is 2.12. The SMILES string of the molecule is CC(C)CCC[N+](C)(C)CCO. The highest BCUT2D eigenvalue weighted by molar-refractivity contribution is 4.45. The van der Waals surface area contributed by atoms with E-state index in [9.17, 15) is 0 Å². The van der Waals surface area contributed by atoms with Crippen molar-refractivity contribution in [1.29, 1.82) is 0 Å². The Kier molecular flexibility index (Phi) is 5.51. The van der Waals surface area contributed by atoms with Crippen LogP contribution in [0.15, 0.2) is 0 Å². The van der Waals surface area contributed by atoms with E-state index in [0.717, 1.165) is 16.9 Å². The second kappa shape index (κ2) is 5.55. The minimum Gasteiger partial charge on any atom is -0.391 e. The summed E-state index contributed by atoms with van der Waals surface area (Å²) in [7, 11) is 4.35. The first-order valence-electron chi connectivity index (χ1n) is 4.91. The van der Waals surface area contributed by atoms with Gasteiger partial charge in [0.2, 0.25) is 0 Å². The molecular weight excluding hydrogens is 150 g/mol. The first-order chi connectivity index (χ1) is 5.48. The molecular formula is C10H24NO+. The van der Waals surface area contributed by atoms with Crippen molar-refractivity contribution in [3.05, 3.63) is 0 Å². The number of hydrogen-bond acceptors (Lipinski definition) is 1. The van der Waals surface area contributed by atoms with Crippen molar-refractivity contribution >= 4 is 0 Å². The van der Waals surface area contributed by atoms with Gasteiger partial charge in [-0.1, -0.05) is 13.8 Å². The quantitative estimate of drug-likeness (QED) is 0.605. The zero-order valence-corrected chi connectivity index (χ0v) is 9.01. The Morgan fingerprint density at radius 2 is 1.75 bits per heavy atom. The van der Waals surface area contributed by atoms with Gasteiger partial charge in [-0.05, 0) is 18.8 Å². The van der Waals surface area contributed by atoms with Crippen molar-refractivity contribution in [3.8, 4) is 0 Å². The molecule has 0 aromatic carbocycles. The monoisotopic (exact) mass is 174 g/mol. The van der Waals surface area contributed by atoms with Crippen LogP contribution in [0.2, 0.25) is 0 Å². The van der Waals surface area contributed by atoms with Crippen molar-refractivity contribution in [3.63, 3.8) is 0 Å². The minimum atomic E-state index is 0.300. The third-order valence-corrected chi connectivity index (χ3v) is 2.25. The molecule has 0 aromatic rings. The molecule has 0 rings (SSSR count). The van der Waals surface area contributed by atoms with Crippen molar-refractivity contribution in [1.82, 2.24) is 0 Å². The topological polar surface area (TPSA) is 20.2 Å². The molecule has 0 bridgehead atoms. The van der Waals surface area contributed by atoms with Gasteiger partial charge in [0, 0.05) is 0 Å². The maximum absolute atomic E-state index is 8.79. The molecule has 0 radical (unpaired) electrons. The van der Waals surface area contributed by atoms with Gasteiger partial charge < -0.3 is 9.59 Å². The molecule has 74 valence electrons. The van der Waals surface area contributed by atoms with E-state index in [0.29, 0.717) is 6.61 Å². The number of aliphatic hydroxyl groups is 1. The number of rotatable bonds is 6. The lowest BCUT2D eigenvalue weighted by atomic mass is 10.1. The Hall–Kier alpha value is -0.0800. The van der Waals surface area contributed by atoms with Gasteiger partial charge in [-0.2, -0.15) is 0 Å². The van der Waals surface area contributed by atoms with Gasteiger partial charge in [-0.15, -0.1) is 0 Å². The molecule has 0 spiro atoms. The van der Waals surface area contributed by atoms with Crippen LogP contribution in [0.25, 0.3) is 0 Å². The molecule has 0 unspecified atom stereocenters. The first kappa shape index (κ1) is 11.9. The lowest BCUT2D eigenvalue weighted by molar-refractivity contribution is -0.890. The fraction of sp³-hybridized carbons (Fsp3) is 1.00. The lowest BCUT2D eigenvalue weighted by Crippen LogP contribution is -2.42. The summed E-state index contributed by atoms with van der Waals surface area (Å²) >= 11 is 0. The van der Waals surface area contributed by atoms with Crippen LogP contribution in [0.4, 0.5) is 0 Å². The van der Waals surface area contributed by atoms with E-state index >= 15 is 0 Å². The Morgan fingerprint density at radius 3 is 2.17 bits per heavy atom. The van der Waals surface area contributed by atoms with Gasteiger partial charge >= 0.3 is 0 Å². The second-order valence-corrected chi connectivity index (χ2v) is 4.64. The average molecular weight is 174 g/mol. The molecule has 12 heavy (non-hydrogen) atoms. The van der Waals surface area contributed by atoms with Crippen LogP contribution in [-0.4, -0.2) is 43.4 Å². The van der Waals surface area contributed by atoms with Gasteiger partial charge in [0.05, 0.1) is 27.2 Å². The first-order valence-corrected chi connectivity index (χ1v) is 4.91. The molecule has 1 N–H and O–H groups in total. The van der Waals surface area contributed by atoms with Crippen LogP contribution >= 0.6 is 0 Å². The summed E-state index contributed by atoms with van der Waals surface area (Å²) < 4.78 is 0.948. The van der Waals surface area contributed by atoms with Gasteiger partial charge in [0.1, 0.15) is 6.54 Å². The van der Waals surface area contributed by atoms with Crippen molar-refractivity contribution < 1.29 is 9.59 Å². The molecule has 2 heteroatoms. The van der Waals surface area contributed by atoms with E-state index in [4.69, 9.17) is 5.11 Å². The molecule has 0 saturated heterocycles. The number of hydrogen-bond donors (Lipinski definition) is 1. The molecule has 0 heterocycles. The van der Waals surface area contributed by atoms with Crippen molar-refractivity contribution in [2.45, 2.75) is 26.7 Å². The van der Waals surface area contributed by atoms with Crippen LogP contribution in [0.5, 0.6) is 0 Å². The fourth-order valence-corrected chi connectivity index (χ4v) is 1.31. The third kappa shape index (κ3) is 6.62. The molecule has 0 saturated carbocycles. The second-order valence-electron chi connectivity index (χ2n) is 4.64. The molecule has 0 aliphatic rings. The van der Waals surface area contributed by atoms with E-state index in [2.05, 4.69) is 27.9 Å². The van der Waals surface area contributed by atoms with Crippen LogP contribution < -0.4 is 0 Å². The summed E-state index contributed by atoms with van der Waals surface area (Å²) in [6, 6.07) is 0. The van der Waals surface area contributed by atoms with Gasteiger partial charge in [0.15, 0.2) is 0 Å². The number of aliphatic hydroxyl groups excluding tert-OH is 1. The van der Waals surface area contributed by atoms with Crippen LogP contribution in [0.3, 0.4) is 0 Å². The zero-order valence-electron chi connectivity index (χ0n) is 9.01. The highest BCUT2D eigenvalue weighted by Crippen LogP contribution is 2.07. The fourth-order valence-electron chi connectivity index (χ4n) is 1.31. The predicted molar refractivity (Wildman–Crippen MR) is 53.0 cm³/mol. The Labute approximate surface area is 76.8 Å². The highest BCUT2D eigenvalue weighted by atomic mass is 16.3. The average Bonchev–Trinajstić information content (AvgIpc) is 1.85. The molecule has 0 aromatic heterocycles.